The topological polar surface area (TPSA) is 89.8 Å². The predicted molar refractivity (Wildman–Crippen MR) is 127 cm³/mol. The molecular formula is C26H21F3N2O5. The summed E-state index contributed by atoms with van der Waals surface area (Å²) in [6.45, 7) is 2.41. The van der Waals surface area contributed by atoms with Gasteiger partial charge in [-0.05, 0) is 61.0 Å². The maximum Gasteiger partial charge on any atom is 0.573 e. The Hall–Kier alpha value is -4.47. The second-order valence-electron chi connectivity index (χ2n) is 7.63. The number of hydrogen-bond acceptors (Lipinski definition) is 5. The first-order valence-corrected chi connectivity index (χ1v) is 10.9. The molecule has 0 aliphatic carbocycles. The Morgan fingerprint density at radius 1 is 0.889 bits per heavy atom. The van der Waals surface area contributed by atoms with Crippen molar-refractivity contribution in [2.45, 2.75) is 19.7 Å². The first-order valence-electron chi connectivity index (χ1n) is 10.9. The second-order valence-corrected chi connectivity index (χ2v) is 7.63. The Balaban J connectivity index is 1.52. The second kappa shape index (κ2) is 10.4. The molecule has 2 amide bonds. The van der Waals surface area contributed by atoms with Gasteiger partial charge in [-0.1, -0.05) is 24.3 Å². The predicted octanol–water partition coefficient (Wildman–Crippen LogP) is 6.16. The molecule has 4 aromatic rings. The molecule has 0 aliphatic rings. The van der Waals surface area contributed by atoms with Gasteiger partial charge in [0.15, 0.2) is 0 Å². The zero-order chi connectivity index (χ0) is 25.7. The van der Waals surface area contributed by atoms with Crippen LogP contribution in [0.25, 0.3) is 11.0 Å². The number of anilines is 2. The lowest BCUT2D eigenvalue weighted by Crippen LogP contribution is -2.18. The Morgan fingerprint density at radius 3 is 2.22 bits per heavy atom. The van der Waals surface area contributed by atoms with E-state index in [2.05, 4.69) is 15.4 Å². The van der Waals surface area contributed by atoms with Gasteiger partial charge in [-0.15, -0.1) is 13.2 Å². The van der Waals surface area contributed by atoms with Crippen LogP contribution in [-0.2, 0) is 11.2 Å². The van der Waals surface area contributed by atoms with Gasteiger partial charge >= 0.3 is 6.36 Å². The van der Waals surface area contributed by atoms with Crippen molar-refractivity contribution in [3.05, 3.63) is 84.1 Å². The van der Waals surface area contributed by atoms with Crippen molar-refractivity contribution in [3.8, 4) is 11.5 Å². The zero-order valence-corrected chi connectivity index (χ0v) is 19.0. The molecule has 0 bridgehead atoms. The van der Waals surface area contributed by atoms with Crippen LogP contribution in [0, 0.1) is 0 Å². The lowest BCUT2D eigenvalue weighted by molar-refractivity contribution is -0.274. The lowest BCUT2D eigenvalue weighted by atomic mass is 10.1. The molecule has 186 valence electrons. The standard InChI is InChI=1S/C26H21F3N2O5/c1-2-34-18-11-7-16(8-12-18)15-22(32)31-23-20-5-3-4-6-21(20)35-24(23)25(33)30-17-9-13-19(14-10-17)36-26(27,28)29/h3-14H,2,15H2,1H3,(H,30,33)(H,31,32). The highest BCUT2D eigenvalue weighted by atomic mass is 19.4. The van der Waals surface area contributed by atoms with Gasteiger partial charge in [-0.2, -0.15) is 0 Å². The number of nitrogens with one attached hydrogen (secondary N) is 2. The summed E-state index contributed by atoms with van der Waals surface area (Å²) in [5.74, 6) is -0.932. The molecule has 36 heavy (non-hydrogen) atoms. The summed E-state index contributed by atoms with van der Waals surface area (Å²) >= 11 is 0. The number of halogens is 3. The van der Waals surface area contributed by atoms with Crippen LogP contribution in [0.3, 0.4) is 0 Å². The molecule has 0 aliphatic heterocycles. The quantitative estimate of drug-likeness (QED) is 0.304. The minimum atomic E-state index is -4.82. The SMILES string of the molecule is CCOc1ccc(CC(=O)Nc2c(C(=O)Nc3ccc(OC(F)(F)F)cc3)oc3ccccc23)cc1. The normalized spacial score (nSPS) is 11.2. The fourth-order valence-corrected chi connectivity index (χ4v) is 3.50. The number of fused-ring (bicyclic) bond motifs is 1. The number of carbonyl (C=O) groups is 2. The zero-order valence-electron chi connectivity index (χ0n) is 19.0. The van der Waals surface area contributed by atoms with E-state index in [4.69, 9.17) is 9.15 Å². The lowest BCUT2D eigenvalue weighted by Gasteiger charge is -2.10. The number of carbonyl (C=O) groups excluding carboxylic acids is 2. The maximum atomic E-state index is 13.0. The van der Waals surface area contributed by atoms with Crippen molar-refractivity contribution in [1.29, 1.82) is 0 Å². The number of hydrogen-bond donors (Lipinski definition) is 2. The summed E-state index contributed by atoms with van der Waals surface area (Å²) < 4.78 is 52.0. The minimum Gasteiger partial charge on any atom is -0.494 e. The number of alkyl halides is 3. The van der Waals surface area contributed by atoms with Gasteiger partial charge in [0.2, 0.25) is 11.7 Å². The molecule has 0 atom stereocenters. The van der Waals surface area contributed by atoms with E-state index in [-0.39, 0.29) is 29.5 Å². The van der Waals surface area contributed by atoms with Crippen LogP contribution in [0.5, 0.6) is 11.5 Å². The largest absolute Gasteiger partial charge is 0.573 e. The first-order chi connectivity index (χ1) is 17.2. The number of amides is 2. The third-order valence-corrected chi connectivity index (χ3v) is 5.01. The van der Waals surface area contributed by atoms with Crippen LogP contribution >= 0.6 is 0 Å². The van der Waals surface area contributed by atoms with E-state index in [1.807, 2.05) is 6.92 Å². The highest BCUT2D eigenvalue weighted by Crippen LogP contribution is 2.32. The third-order valence-electron chi connectivity index (χ3n) is 5.01. The first kappa shape index (κ1) is 24.6. The molecular weight excluding hydrogens is 477 g/mol. The van der Waals surface area contributed by atoms with Gasteiger partial charge in [0.05, 0.1) is 13.0 Å². The molecule has 4 rings (SSSR count). The van der Waals surface area contributed by atoms with Crippen LogP contribution in [0.15, 0.2) is 77.2 Å². The molecule has 10 heteroatoms. The third kappa shape index (κ3) is 6.15. The Morgan fingerprint density at radius 2 is 1.56 bits per heavy atom. The van der Waals surface area contributed by atoms with E-state index in [0.29, 0.717) is 23.3 Å². The van der Waals surface area contributed by atoms with E-state index in [1.165, 1.54) is 12.1 Å². The van der Waals surface area contributed by atoms with Gasteiger partial charge < -0.3 is 24.5 Å². The maximum absolute atomic E-state index is 13.0. The molecule has 2 N–H and O–H groups in total. The van der Waals surface area contributed by atoms with Crippen molar-refractivity contribution in [2.75, 3.05) is 17.2 Å². The fourth-order valence-electron chi connectivity index (χ4n) is 3.50. The minimum absolute atomic E-state index is 0.0492. The van der Waals surface area contributed by atoms with E-state index in [9.17, 15) is 22.8 Å². The summed E-state index contributed by atoms with van der Waals surface area (Å²) in [6, 6.07) is 18.5. The summed E-state index contributed by atoms with van der Waals surface area (Å²) in [7, 11) is 0. The van der Waals surface area contributed by atoms with Gasteiger partial charge in [0, 0.05) is 11.1 Å². The van der Waals surface area contributed by atoms with E-state index < -0.39 is 18.0 Å². The number of para-hydroxylation sites is 1. The highest BCUT2D eigenvalue weighted by Gasteiger charge is 2.31. The summed E-state index contributed by atoms with van der Waals surface area (Å²) in [5.41, 5.74) is 1.53. The van der Waals surface area contributed by atoms with Crippen molar-refractivity contribution < 1.29 is 36.7 Å². The Bertz CT molecular complexity index is 1360. The average molecular weight is 498 g/mol. The van der Waals surface area contributed by atoms with E-state index in [1.54, 1.807) is 48.5 Å². The Kier molecular flexibility index (Phi) is 7.14. The average Bonchev–Trinajstić information content (AvgIpc) is 3.19. The van der Waals surface area contributed by atoms with Crippen molar-refractivity contribution in [3.63, 3.8) is 0 Å². The number of ether oxygens (including phenoxy) is 2. The van der Waals surface area contributed by atoms with Gasteiger partial charge in [-0.25, -0.2) is 0 Å². The van der Waals surface area contributed by atoms with Crippen LogP contribution in [0.2, 0.25) is 0 Å². The van der Waals surface area contributed by atoms with Gasteiger partial charge in [-0.3, -0.25) is 9.59 Å². The Labute approximate surface area is 203 Å². The van der Waals surface area contributed by atoms with Crippen molar-refractivity contribution >= 4 is 34.2 Å². The molecule has 3 aromatic carbocycles. The molecule has 0 spiro atoms. The molecule has 0 fully saturated rings. The van der Waals surface area contributed by atoms with Crippen molar-refractivity contribution in [2.24, 2.45) is 0 Å². The number of furan rings is 1. The van der Waals surface area contributed by atoms with Gasteiger partial charge in [0.25, 0.3) is 5.91 Å². The summed E-state index contributed by atoms with van der Waals surface area (Å²) in [5, 5.41) is 5.83. The number of benzene rings is 3. The van der Waals surface area contributed by atoms with Gasteiger partial charge in [0.1, 0.15) is 22.8 Å². The monoisotopic (exact) mass is 498 g/mol. The van der Waals surface area contributed by atoms with Crippen LogP contribution in [-0.4, -0.2) is 24.8 Å². The molecule has 0 saturated heterocycles. The highest BCUT2D eigenvalue weighted by molar-refractivity contribution is 6.14. The van der Waals surface area contributed by atoms with Crippen LogP contribution in [0.4, 0.5) is 24.5 Å². The van der Waals surface area contributed by atoms with Crippen LogP contribution < -0.4 is 20.1 Å². The van der Waals surface area contributed by atoms with Crippen LogP contribution in [0.1, 0.15) is 23.0 Å². The number of rotatable bonds is 8. The summed E-state index contributed by atoms with van der Waals surface area (Å²) in [6.07, 6.45) is -4.77. The van der Waals surface area contributed by atoms with E-state index >= 15 is 0 Å². The molecule has 0 unspecified atom stereocenters. The van der Waals surface area contributed by atoms with E-state index in [0.717, 1.165) is 17.7 Å². The summed E-state index contributed by atoms with van der Waals surface area (Å²) in [4.78, 5) is 25.8. The fraction of sp³-hybridized carbons (Fsp3) is 0.154. The molecule has 1 aromatic heterocycles. The molecule has 0 radical (unpaired) electrons. The molecule has 1 heterocycles. The van der Waals surface area contributed by atoms with Crippen molar-refractivity contribution in [1.82, 2.24) is 0 Å². The smallest absolute Gasteiger partial charge is 0.494 e. The molecule has 7 nitrogen and oxygen atoms in total. The molecule has 0 saturated carbocycles.